The van der Waals surface area contributed by atoms with Crippen molar-refractivity contribution in [2.75, 3.05) is 18.1 Å². The molecule has 0 unspecified atom stereocenters. The van der Waals surface area contributed by atoms with E-state index in [1.54, 1.807) is 18.2 Å². The van der Waals surface area contributed by atoms with Crippen LogP contribution >= 0.6 is 23.4 Å². The van der Waals surface area contributed by atoms with E-state index in [9.17, 15) is 4.79 Å². The lowest BCUT2D eigenvalue weighted by atomic mass is 10.2. The van der Waals surface area contributed by atoms with Gasteiger partial charge in [0.1, 0.15) is 12.0 Å². The Hall–Kier alpha value is -0.670. The number of rotatable bonds is 7. The first-order valence-electron chi connectivity index (χ1n) is 5.23. The van der Waals surface area contributed by atoms with Crippen molar-refractivity contribution >= 4 is 29.6 Å². The second kappa shape index (κ2) is 7.58. The summed E-state index contributed by atoms with van der Waals surface area (Å²) in [6.45, 7) is 2.80. The topological polar surface area (TPSA) is 26.3 Å². The van der Waals surface area contributed by atoms with E-state index in [2.05, 4.69) is 6.92 Å². The SMILES string of the molecule is CCSCCCOc1ccc(C=O)cc1Cl. The summed E-state index contributed by atoms with van der Waals surface area (Å²) in [5, 5.41) is 0.493. The number of ether oxygens (including phenoxy) is 1. The quantitative estimate of drug-likeness (QED) is 0.551. The van der Waals surface area contributed by atoms with Gasteiger partial charge >= 0.3 is 0 Å². The van der Waals surface area contributed by atoms with Gasteiger partial charge in [-0.25, -0.2) is 0 Å². The molecule has 0 aromatic heterocycles. The zero-order valence-corrected chi connectivity index (χ0v) is 10.8. The molecule has 0 radical (unpaired) electrons. The molecule has 0 aliphatic heterocycles. The monoisotopic (exact) mass is 258 g/mol. The Kier molecular flexibility index (Phi) is 6.34. The standard InChI is InChI=1S/C12H15ClO2S/c1-2-16-7-3-6-15-12-5-4-10(9-14)8-11(12)13/h4-5,8-9H,2-3,6-7H2,1H3. The molecule has 2 nitrogen and oxygen atoms in total. The number of aldehydes is 1. The highest BCUT2D eigenvalue weighted by Gasteiger charge is 2.02. The van der Waals surface area contributed by atoms with E-state index in [0.29, 0.717) is 22.9 Å². The molecule has 1 aromatic rings. The van der Waals surface area contributed by atoms with Crippen LogP contribution in [0.15, 0.2) is 18.2 Å². The van der Waals surface area contributed by atoms with Crippen molar-refractivity contribution in [3.63, 3.8) is 0 Å². The first-order chi connectivity index (χ1) is 7.77. The summed E-state index contributed by atoms with van der Waals surface area (Å²) >= 11 is 7.85. The van der Waals surface area contributed by atoms with Gasteiger partial charge in [-0.1, -0.05) is 18.5 Å². The number of hydrogen-bond donors (Lipinski definition) is 0. The van der Waals surface area contributed by atoms with Gasteiger partial charge in [0.25, 0.3) is 0 Å². The van der Waals surface area contributed by atoms with Gasteiger partial charge in [0.2, 0.25) is 0 Å². The van der Waals surface area contributed by atoms with Crippen LogP contribution in [0.3, 0.4) is 0 Å². The smallest absolute Gasteiger partial charge is 0.150 e. The van der Waals surface area contributed by atoms with Gasteiger partial charge in [-0.2, -0.15) is 11.8 Å². The Morgan fingerprint density at radius 2 is 2.31 bits per heavy atom. The summed E-state index contributed by atoms with van der Waals surface area (Å²) in [6, 6.07) is 5.05. The first-order valence-corrected chi connectivity index (χ1v) is 6.76. The van der Waals surface area contributed by atoms with Crippen molar-refractivity contribution in [2.24, 2.45) is 0 Å². The second-order valence-electron chi connectivity index (χ2n) is 3.21. The maximum atomic E-state index is 10.5. The molecule has 0 N–H and O–H groups in total. The Labute approximate surface area is 105 Å². The van der Waals surface area contributed by atoms with E-state index in [-0.39, 0.29) is 0 Å². The fourth-order valence-electron chi connectivity index (χ4n) is 1.19. The van der Waals surface area contributed by atoms with Gasteiger partial charge in [0, 0.05) is 5.56 Å². The second-order valence-corrected chi connectivity index (χ2v) is 5.01. The number of hydrogen-bond acceptors (Lipinski definition) is 3. The Balaban J connectivity index is 2.39. The maximum absolute atomic E-state index is 10.5. The lowest BCUT2D eigenvalue weighted by Gasteiger charge is -2.07. The van der Waals surface area contributed by atoms with Crippen LogP contribution in [0.5, 0.6) is 5.75 Å². The molecule has 88 valence electrons. The van der Waals surface area contributed by atoms with E-state index >= 15 is 0 Å². The molecule has 0 aliphatic carbocycles. The molecule has 0 heterocycles. The van der Waals surface area contributed by atoms with Crippen LogP contribution in [0.25, 0.3) is 0 Å². The molecule has 0 saturated heterocycles. The normalized spacial score (nSPS) is 10.1. The molecule has 0 bridgehead atoms. The van der Waals surface area contributed by atoms with Crippen molar-refractivity contribution in [2.45, 2.75) is 13.3 Å². The van der Waals surface area contributed by atoms with Crippen LogP contribution in [0.1, 0.15) is 23.7 Å². The third-order valence-corrected chi connectivity index (χ3v) is 3.27. The average molecular weight is 259 g/mol. The molecule has 0 spiro atoms. The Bertz CT molecular complexity index is 342. The van der Waals surface area contributed by atoms with E-state index < -0.39 is 0 Å². The molecule has 0 atom stereocenters. The van der Waals surface area contributed by atoms with Crippen molar-refractivity contribution in [1.29, 1.82) is 0 Å². The number of halogens is 1. The van der Waals surface area contributed by atoms with Crippen LogP contribution in [-0.4, -0.2) is 24.4 Å². The van der Waals surface area contributed by atoms with Crippen LogP contribution in [-0.2, 0) is 0 Å². The summed E-state index contributed by atoms with van der Waals surface area (Å²) in [6.07, 6.45) is 1.78. The zero-order valence-electron chi connectivity index (χ0n) is 9.24. The highest BCUT2D eigenvalue weighted by atomic mass is 35.5. The van der Waals surface area contributed by atoms with Crippen molar-refractivity contribution in [1.82, 2.24) is 0 Å². The molecule has 0 fully saturated rings. The molecule has 0 saturated carbocycles. The molecule has 1 rings (SSSR count). The van der Waals surface area contributed by atoms with Crippen LogP contribution in [0.4, 0.5) is 0 Å². The third-order valence-electron chi connectivity index (χ3n) is 1.99. The molecular weight excluding hydrogens is 244 g/mol. The minimum absolute atomic E-state index is 0.493. The molecule has 1 aromatic carbocycles. The Morgan fingerprint density at radius 1 is 1.50 bits per heavy atom. The predicted octanol–water partition coefficient (Wildman–Crippen LogP) is 3.67. The molecule has 16 heavy (non-hydrogen) atoms. The Morgan fingerprint density at radius 3 is 2.94 bits per heavy atom. The highest BCUT2D eigenvalue weighted by molar-refractivity contribution is 7.99. The fourth-order valence-corrected chi connectivity index (χ4v) is 2.05. The maximum Gasteiger partial charge on any atom is 0.150 e. The minimum atomic E-state index is 0.493. The number of carbonyl (C=O) groups is 1. The van der Waals surface area contributed by atoms with Crippen molar-refractivity contribution < 1.29 is 9.53 Å². The lowest BCUT2D eigenvalue weighted by Crippen LogP contribution is -1.99. The molecule has 4 heteroatoms. The summed E-state index contributed by atoms with van der Waals surface area (Å²) < 4.78 is 5.52. The van der Waals surface area contributed by atoms with Crippen LogP contribution < -0.4 is 4.74 Å². The van der Waals surface area contributed by atoms with Gasteiger partial charge in [0.05, 0.1) is 11.6 Å². The number of carbonyl (C=O) groups excluding carboxylic acids is 1. The summed E-state index contributed by atoms with van der Waals surface area (Å²) in [5.41, 5.74) is 0.568. The van der Waals surface area contributed by atoms with Crippen molar-refractivity contribution in [3.8, 4) is 5.75 Å². The van der Waals surface area contributed by atoms with Gasteiger partial charge in [-0.15, -0.1) is 0 Å². The number of thioether (sulfide) groups is 1. The van der Waals surface area contributed by atoms with Gasteiger partial charge in [0.15, 0.2) is 0 Å². The highest BCUT2D eigenvalue weighted by Crippen LogP contribution is 2.25. The largest absolute Gasteiger partial charge is 0.492 e. The van der Waals surface area contributed by atoms with E-state index in [1.807, 2.05) is 11.8 Å². The van der Waals surface area contributed by atoms with E-state index in [1.165, 1.54) is 0 Å². The summed E-state index contributed by atoms with van der Waals surface area (Å²) in [5.74, 6) is 2.88. The van der Waals surface area contributed by atoms with E-state index in [0.717, 1.165) is 24.2 Å². The van der Waals surface area contributed by atoms with Gasteiger partial charge in [-0.05, 0) is 36.1 Å². The molecular formula is C12H15ClO2S. The van der Waals surface area contributed by atoms with Crippen molar-refractivity contribution in [3.05, 3.63) is 28.8 Å². The first kappa shape index (κ1) is 13.4. The van der Waals surface area contributed by atoms with Crippen LogP contribution in [0, 0.1) is 0 Å². The summed E-state index contributed by atoms with van der Waals surface area (Å²) in [4.78, 5) is 10.5. The number of benzene rings is 1. The van der Waals surface area contributed by atoms with Gasteiger partial charge in [-0.3, -0.25) is 4.79 Å². The molecule has 0 amide bonds. The van der Waals surface area contributed by atoms with Crippen LogP contribution in [0.2, 0.25) is 5.02 Å². The average Bonchev–Trinajstić information content (AvgIpc) is 2.30. The third kappa shape index (κ3) is 4.45. The van der Waals surface area contributed by atoms with E-state index in [4.69, 9.17) is 16.3 Å². The lowest BCUT2D eigenvalue weighted by molar-refractivity contribution is 0.112. The van der Waals surface area contributed by atoms with Gasteiger partial charge < -0.3 is 4.74 Å². The fraction of sp³-hybridized carbons (Fsp3) is 0.417. The summed E-state index contributed by atoms with van der Waals surface area (Å²) in [7, 11) is 0. The predicted molar refractivity (Wildman–Crippen MR) is 70.0 cm³/mol. The molecule has 0 aliphatic rings. The minimum Gasteiger partial charge on any atom is -0.492 e. The zero-order chi connectivity index (χ0) is 11.8.